The number of aromatic hydroxyl groups is 1. The Morgan fingerprint density at radius 1 is 1.11 bits per heavy atom. The molecule has 35 heavy (non-hydrogen) atoms. The first-order chi connectivity index (χ1) is 16.6. The molecular formula is C23H16ClF4N3O3S. The average molecular weight is 526 g/mol. The fraction of sp³-hybridized carbons (Fsp3) is 0.217. The number of benzene rings is 2. The van der Waals surface area contributed by atoms with Crippen molar-refractivity contribution in [2.45, 2.75) is 22.9 Å². The minimum atomic E-state index is -4.76. The Bertz CT molecular complexity index is 1410. The number of thioether (sulfide) groups is 1. The van der Waals surface area contributed by atoms with Gasteiger partial charge in [-0.1, -0.05) is 41.9 Å². The molecule has 1 atom stereocenters. The van der Waals surface area contributed by atoms with Crippen LogP contribution in [0, 0.1) is 5.82 Å². The Kier molecular flexibility index (Phi) is 5.71. The van der Waals surface area contributed by atoms with Crippen molar-refractivity contribution >= 4 is 29.3 Å². The van der Waals surface area contributed by atoms with E-state index >= 15 is 4.39 Å². The monoisotopic (exact) mass is 525 g/mol. The van der Waals surface area contributed by atoms with Gasteiger partial charge in [-0.15, -0.1) is 11.8 Å². The molecule has 2 aromatic carbocycles. The van der Waals surface area contributed by atoms with E-state index < -0.39 is 59.1 Å². The van der Waals surface area contributed by atoms with Crippen molar-refractivity contribution in [3.05, 3.63) is 92.1 Å². The molecule has 3 heterocycles. The number of rotatable bonds is 2. The highest BCUT2D eigenvalue weighted by Gasteiger charge is 2.43. The van der Waals surface area contributed by atoms with E-state index in [1.165, 1.54) is 22.8 Å². The van der Waals surface area contributed by atoms with E-state index in [0.29, 0.717) is 21.8 Å². The Morgan fingerprint density at radius 2 is 1.86 bits per heavy atom. The fourth-order valence-electron chi connectivity index (χ4n) is 4.44. The van der Waals surface area contributed by atoms with Crippen LogP contribution in [0.3, 0.4) is 0 Å². The maximum Gasteiger partial charge on any atom is 0.406 e. The molecule has 6 nitrogen and oxygen atoms in total. The lowest BCUT2D eigenvalue weighted by molar-refractivity contribution is -0.141. The van der Waals surface area contributed by atoms with Gasteiger partial charge >= 0.3 is 6.18 Å². The largest absolute Gasteiger partial charge is 0.502 e. The molecule has 5 rings (SSSR count). The van der Waals surface area contributed by atoms with Crippen LogP contribution in [0.25, 0.3) is 0 Å². The number of amides is 1. The topological polar surface area (TPSA) is 65.8 Å². The molecule has 0 saturated carbocycles. The maximum atomic E-state index is 15.4. The second kappa shape index (κ2) is 8.49. The van der Waals surface area contributed by atoms with Gasteiger partial charge in [0.2, 0.25) is 5.43 Å². The number of hydrogen-bond donors (Lipinski definition) is 1. The Hall–Kier alpha value is -3.18. The van der Waals surface area contributed by atoms with Crippen LogP contribution >= 0.6 is 23.4 Å². The molecule has 0 fully saturated rings. The number of alkyl halides is 3. The van der Waals surface area contributed by atoms with Crippen molar-refractivity contribution < 1.29 is 27.5 Å². The summed E-state index contributed by atoms with van der Waals surface area (Å²) in [4.78, 5) is 26.5. The lowest BCUT2D eigenvalue weighted by atomic mass is 9.93. The molecule has 1 amide bonds. The van der Waals surface area contributed by atoms with Crippen LogP contribution in [0.4, 0.5) is 17.6 Å². The zero-order chi connectivity index (χ0) is 25.1. The zero-order valence-corrected chi connectivity index (χ0v) is 19.3. The predicted molar refractivity (Wildman–Crippen MR) is 122 cm³/mol. The lowest BCUT2D eigenvalue weighted by Gasteiger charge is -2.44. The highest BCUT2D eigenvalue weighted by atomic mass is 35.5. The summed E-state index contributed by atoms with van der Waals surface area (Å²) in [6.07, 6.45) is -3.70. The molecule has 0 spiro atoms. The normalized spacial score (nSPS) is 17.5. The second-order valence-corrected chi connectivity index (χ2v) is 9.51. The summed E-state index contributed by atoms with van der Waals surface area (Å²) >= 11 is 7.45. The first-order valence-corrected chi connectivity index (χ1v) is 11.7. The Morgan fingerprint density at radius 3 is 2.60 bits per heavy atom. The van der Waals surface area contributed by atoms with E-state index in [4.69, 9.17) is 11.6 Å². The molecule has 2 aliphatic rings. The summed E-state index contributed by atoms with van der Waals surface area (Å²) in [5.74, 6) is -2.45. The number of carbonyl (C=O) groups excluding carboxylic acids is 1. The van der Waals surface area contributed by atoms with Crippen LogP contribution in [-0.2, 0) is 5.75 Å². The molecule has 12 heteroatoms. The zero-order valence-electron chi connectivity index (χ0n) is 17.7. The van der Waals surface area contributed by atoms with E-state index in [0.717, 1.165) is 15.8 Å². The van der Waals surface area contributed by atoms with E-state index in [9.17, 15) is 27.9 Å². The summed E-state index contributed by atoms with van der Waals surface area (Å²) in [5.41, 5.74) is -0.353. The van der Waals surface area contributed by atoms with Gasteiger partial charge in [0.05, 0.1) is 0 Å². The smallest absolute Gasteiger partial charge is 0.406 e. The van der Waals surface area contributed by atoms with Gasteiger partial charge in [-0.05, 0) is 23.3 Å². The van der Waals surface area contributed by atoms with Gasteiger partial charge in [0.25, 0.3) is 5.91 Å². The lowest BCUT2D eigenvalue weighted by Crippen LogP contribution is -2.57. The van der Waals surface area contributed by atoms with Crippen molar-refractivity contribution in [3.8, 4) is 5.75 Å². The van der Waals surface area contributed by atoms with Crippen LogP contribution < -0.4 is 10.4 Å². The molecule has 182 valence electrons. The summed E-state index contributed by atoms with van der Waals surface area (Å²) in [5, 5.41) is 11.3. The van der Waals surface area contributed by atoms with Crippen molar-refractivity contribution in [2.24, 2.45) is 0 Å². The van der Waals surface area contributed by atoms with Gasteiger partial charge in [-0.25, -0.2) is 4.39 Å². The Labute approximate surface area is 205 Å². The van der Waals surface area contributed by atoms with Gasteiger partial charge in [0, 0.05) is 22.4 Å². The molecule has 3 aromatic rings. The third kappa shape index (κ3) is 4.02. The standard InChI is InChI=1S/C23H16ClF4N3O3S/c24-14-8-30-19(21(33)20(14)32)22(34)29(10-23(26,27)28)11-31(30)18-13-5-1-2-7-16(13)35-9-12-4-3-6-15(25)17(12)18/h1-8,18,33H,9-11H2/t18-/m1/s1. The molecule has 0 unspecified atom stereocenters. The van der Waals surface area contributed by atoms with Crippen LogP contribution in [0.2, 0.25) is 5.02 Å². The minimum absolute atomic E-state index is 0.214. The highest BCUT2D eigenvalue weighted by molar-refractivity contribution is 7.98. The predicted octanol–water partition coefficient (Wildman–Crippen LogP) is 4.66. The van der Waals surface area contributed by atoms with Crippen LogP contribution in [0.15, 0.2) is 58.4 Å². The first kappa shape index (κ1) is 23.6. The average Bonchev–Trinajstić information content (AvgIpc) is 2.96. The number of aromatic nitrogens is 1. The molecule has 1 aromatic heterocycles. The van der Waals surface area contributed by atoms with Crippen LogP contribution in [0.1, 0.15) is 33.2 Å². The molecule has 0 bridgehead atoms. The summed E-state index contributed by atoms with van der Waals surface area (Å²) in [7, 11) is 0. The van der Waals surface area contributed by atoms with E-state index in [1.54, 1.807) is 30.3 Å². The highest BCUT2D eigenvalue weighted by Crippen LogP contribution is 2.44. The van der Waals surface area contributed by atoms with Crippen LogP contribution in [-0.4, -0.2) is 40.0 Å². The van der Waals surface area contributed by atoms with Crippen LogP contribution in [0.5, 0.6) is 5.75 Å². The molecular weight excluding hydrogens is 510 g/mol. The SMILES string of the molecule is O=C1c2c(O)c(=O)c(Cl)cn2N([C@@H]2c3ccccc3SCc3cccc(F)c32)CN1CC(F)(F)F. The van der Waals surface area contributed by atoms with Gasteiger partial charge in [-0.3, -0.25) is 19.3 Å². The molecule has 0 saturated heterocycles. The maximum absolute atomic E-state index is 15.4. The molecule has 0 aliphatic carbocycles. The van der Waals surface area contributed by atoms with Crippen molar-refractivity contribution in [2.75, 3.05) is 18.2 Å². The van der Waals surface area contributed by atoms with E-state index in [-0.39, 0.29) is 5.56 Å². The third-order valence-electron chi connectivity index (χ3n) is 5.88. The second-order valence-electron chi connectivity index (χ2n) is 8.09. The summed E-state index contributed by atoms with van der Waals surface area (Å²) in [6, 6.07) is 10.6. The molecule has 1 N–H and O–H groups in total. The third-order valence-corrected chi connectivity index (χ3v) is 7.29. The summed E-state index contributed by atoms with van der Waals surface area (Å²) in [6.45, 7) is -2.24. The summed E-state index contributed by atoms with van der Waals surface area (Å²) < 4.78 is 56.6. The number of halogens is 5. The number of nitrogens with zero attached hydrogens (tertiary/aromatic N) is 3. The quantitative estimate of drug-likeness (QED) is 0.493. The van der Waals surface area contributed by atoms with Crippen molar-refractivity contribution in [1.82, 2.24) is 9.58 Å². The van der Waals surface area contributed by atoms with Gasteiger partial charge < -0.3 is 10.0 Å². The first-order valence-electron chi connectivity index (χ1n) is 10.3. The van der Waals surface area contributed by atoms with Gasteiger partial charge in [0.15, 0.2) is 11.4 Å². The van der Waals surface area contributed by atoms with E-state index in [2.05, 4.69) is 0 Å². The number of carbonyl (C=O) groups is 1. The molecule has 2 aliphatic heterocycles. The van der Waals surface area contributed by atoms with Crippen molar-refractivity contribution in [1.29, 1.82) is 0 Å². The Balaban J connectivity index is 1.81. The van der Waals surface area contributed by atoms with E-state index in [1.807, 2.05) is 6.07 Å². The number of hydrogen-bond acceptors (Lipinski definition) is 5. The number of fused-ring (bicyclic) bond motifs is 3. The fourth-order valence-corrected chi connectivity index (χ4v) is 5.70. The van der Waals surface area contributed by atoms with Gasteiger partial charge in [-0.2, -0.15) is 13.2 Å². The van der Waals surface area contributed by atoms with Crippen molar-refractivity contribution in [3.63, 3.8) is 0 Å². The molecule has 0 radical (unpaired) electrons. The van der Waals surface area contributed by atoms with Gasteiger partial charge in [0.1, 0.15) is 30.1 Å². The number of pyridine rings is 1. The minimum Gasteiger partial charge on any atom is -0.502 e.